The normalized spacial score (nSPS) is 16.6. The zero-order valence-electron chi connectivity index (χ0n) is 20.1. The van der Waals surface area contributed by atoms with Crippen LogP contribution < -0.4 is 10.2 Å². The van der Waals surface area contributed by atoms with Crippen LogP contribution in [0.3, 0.4) is 0 Å². The van der Waals surface area contributed by atoms with Gasteiger partial charge in [-0.3, -0.25) is 0 Å². The summed E-state index contributed by atoms with van der Waals surface area (Å²) in [5.41, 5.74) is 2.08. The molecule has 0 unspecified atom stereocenters. The summed E-state index contributed by atoms with van der Waals surface area (Å²) in [7, 11) is 0. The lowest BCUT2D eigenvalue weighted by atomic mass is 9.98. The van der Waals surface area contributed by atoms with E-state index in [-0.39, 0.29) is 5.69 Å². The molecule has 0 radical (unpaired) electrons. The predicted octanol–water partition coefficient (Wildman–Crippen LogP) is 5.99. The molecule has 0 saturated carbocycles. The maximum absolute atomic E-state index is 13.1. The van der Waals surface area contributed by atoms with Crippen LogP contribution in [0, 0.1) is 5.92 Å². The molecule has 2 aromatic carbocycles. The maximum Gasteiger partial charge on any atom is 0.416 e. The number of rotatable bonds is 3. The highest BCUT2D eigenvalue weighted by molar-refractivity contribution is 5.89. The van der Waals surface area contributed by atoms with Gasteiger partial charge in [0.05, 0.1) is 17.8 Å². The van der Waals surface area contributed by atoms with Crippen molar-refractivity contribution >= 4 is 17.5 Å². The second-order valence-electron chi connectivity index (χ2n) is 9.51. The summed E-state index contributed by atoms with van der Waals surface area (Å²) < 4.78 is 39.3. The summed E-state index contributed by atoms with van der Waals surface area (Å²) in [6.45, 7) is 4.74. The van der Waals surface area contributed by atoms with Crippen LogP contribution in [0.1, 0.15) is 36.6 Å². The van der Waals surface area contributed by atoms with Crippen LogP contribution in [-0.2, 0) is 19.1 Å². The molecule has 1 aromatic heterocycles. The van der Waals surface area contributed by atoms with E-state index in [1.165, 1.54) is 12.1 Å². The van der Waals surface area contributed by atoms with Gasteiger partial charge < -0.3 is 15.1 Å². The van der Waals surface area contributed by atoms with Crippen LogP contribution in [0.5, 0.6) is 0 Å². The first kappa shape index (κ1) is 24.1. The molecule has 2 aliphatic heterocycles. The van der Waals surface area contributed by atoms with Gasteiger partial charge in [0.2, 0.25) is 0 Å². The van der Waals surface area contributed by atoms with Crippen LogP contribution in [0.2, 0.25) is 0 Å². The van der Waals surface area contributed by atoms with Crippen molar-refractivity contribution in [1.29, 1.82) is 0 Å². The van der Waals surface area contributed by atoms with Crippen molar-refractivity contribution in [2.45, 2.75) is 38.9 Å². The third kappa shape index (κ3) is 5.15. The van der Waals surface area contributed by atoms with Crippen molar-refractivity contribution < 1.29 is 18.0 Å². The van der Waals surface area contributed by atoms with Gasteiger partial charge in [-0.1, -0.05) is 43.3 Å². The van der Waals surface area contributed by atoms with E-state index in [2.05, 4.69) is 17.1 Å². The van der Waals surface area contributed by atoms with E-state index in [4.69, 9.17) is 9.97 Å². The van der Waals surface area contributed by atoms with Gasteiger partial charge in [-0.05, 0) is 37.0 Å². The number of piperidine rings is 1. The van der Waals surface area contributed by atoms with Gasteiger partial charge in [0, 0.05) is 42.9 Å². The Morgan fingerprint density at radius 2 is 1.75 bits per heavy atom. The van der Waals surface area contributed by atoms with Crippen LogP contribution in [0.15, 0.2) is 54.6 Å². The molecule has 0 aliphatic carbocycles. The SMILES string of the molecule is CC1CCN(c2nc(-c3ccccc3)nc3c2CN(C(=O)Nc2cccc(C(F)(F)F)c2)CC3)CC1. The number of carbonyl (C=O) groups excluding carboxylic acids is 1. The van der Waals surface area contributed by atoms with Gasteiger partial charge in [-0.15, -0.1) is 0 Å². The van der Waals surface area contributed by atoms with Gasteiger partial charge in [0.25, 0.3) is 0 Å². The summed E-state index contributed by atoms with van der Waals surface area (Å²) in [5, 5.41) is 2.63. The number of anilines is 2. The lowest BCUT2D eigenvalue weighted by molar-refractivity contribution is -0.137. The molecule has 2 amide bonds. The molecule has 36 heavy (non-hydrogen) atoms. The Bertz CT molecular complexity index is 1240. The van der Waals surface area contributed by atoms with E-state index in [9.17, 15) is 18.0 Å². The number of halogens is 3. The number of fused-ring (bicyclic) bond motifs is 1. The average Bonchev–Trinajstić information content (AvgIpc) is 2.88. The van der Waals surface area contributed by atoms with Crippen molar-refractivity contribution in [3.05, 3.63) is 71.4 Å². The third-order valence-corrected chi connectivity index (χ3v) is 6.88. The van der Waals surface area contributed by atoms with Crippen molar-refractivity contribution in [3.63, 3.8) is 0 Å². The number of nitrogens with one attached hydrogen (secondary N) is 1. The Kier molecular flexibility index (Phi) is 6.55. The van der Waals surface area contributed by atoms with E-state index in [0.29, 0.717) is 31.3 Å². The number of alkyl halides is 3. The number of hydrogen-bond donors (Lipinski definition) is 1. The summed E-state index contributed by atoms with van der Waals surface area (Å²) in [6.07, 6.45) is -1.79. The molecule has 6 nitrogen and oxygen atoms in total. The number of amides is 2. The Balaban J connectivity index is 1.42. The van der Waals surface area contributed by atoms with Gasteiger partial charge in [-0.2, -0.15) is 13.2 Å². The van der Waals surface area contributed by atoms with Crippen LogP contribution >= 0.6 is 0 Å². The molecule has 0 bridgehead atoms. The Morgan fingerprint density at radius 3 is 2.47 bits per heavy atom. The summed E-state index contributed by atoms with van der Waals surface area (Å²) >= 11 is 0. The van der Waals surface area contributed by atoms with Crippen molar-refractivity contribution in [2.75, 3.05) is 29.9 Å². The maximum atomic E-state index is 13.1. The summed E-state index contributed by atoms with van der Waals surface area (Å²) in [6, 6.07) is 14.1. The molecule has 5 rings (SSSR count). The largest absolute Gasteiger partial charge is 0.416 e. The second kappa shape index (κ2) is 9.79. The van der Waals surface area contributed by atoms with Gasteiger partial charge in [-0.25, -0.2) is 14.8 Å². The Hall–Kier alpha value is -3.62. The molecule has 3 aromatic rings. The standard InChI is InChI=1S/C27H28F3N5O/c1-18-10-13-34(14-11-18)25-22-17-35(26(36)31-21-9-5-8-20(16-21)27(28,29)30)15-12-23(22)32-24(33-25)19-6-3-2-4-7-19/h2-9,16,18H,10-15,17H2,1H3,(H,31,36). The minimum atomic E-state index is -4.47. The van der Waals surface area contributed by atoms with E-state index in [0.717, 1.165) is 60.7 Å². The first-order chi connectivity index (χ1) is 17.3. The third-order valence-electron chi connectivity index (χ3n) is 6.88. The number of hydrogen-bond acceptors (Lipinski definition) is 4. The van der Waals surface area contributed by atoms with E-state index in [1.807, 2.05) is 30.3 Å². The molecule has 0 spiro atoms. The van der Waals surface area contributed by atoms with Gasteiger partial charge >= 0.3 is 12.2 Å². The molecule has 188 valence electrons. The fourth-order valence-corrected chi connectivity index (χ4v) is 4.74. The van der Waals surface area contributed by atoms with Crippen molar-refractivity contribution in [2.24, 2.45) is 5.92 Å². The Labute approximate surface area is 208 Å². The number of carbonyl (C=O) groups is 1. The van der Waals surface area contributed by atoms with Crippen LogP contribution in [0.4, 0.5) is 29.5 Å². The molecule has 3 heterocycles. The lowest BCUT2D eigenvalue weighted by Gasteiger charge is -2.36. The molecule has 1 saturated heterocycles. The van der Waals surface area contributed by atoms with E-state index >= 15 is 0 Å². The predicted molar refractivity (Wildman–Crippen MR) is 133 cm³/mol. The Morgan fingerprint density at radius 1 is 1.00 bits per heavy atom. The minimum absolute atomic E-state index is 0.113. The molecular weight excluding hydrogens is 467 g/mol. The highest BCUT2D eigenvalue weighted by Gasteiger charge is 2.32. The number of urea groups is 1. The molecule has 1 N–H and O–H groups in total. The van der Waals surface area contributed by atoms with Crippen molar-refractivity contribution in [3.8, 4) is 11.4 Å². The molecule has 1 fully saturated rings. The highest BCUT2D eigenvalue weighted by Crippen LogP contribution is 2.33. The fourth-order valence-electron chi connectivity index (χ4n) is 4.74. The zero-order chi connectivity index (χ0) is 25.3. The first-order valence-corrected chi connectivity index (χ1v) is 12.2. The first-order valence-electron chi connectivity index (χ1n) is 12.2. The second-order valence-corrected chi connectivity index (χ2v) is 9.51. The summed E-state index contributed by atoms with van der Waals surface area (Å²) in [4.78, 5) is 26.7. The molecular formula is C27H28F3N5O. The smallest absolute Gasteiger partial charge is 0.356 e. The van der Waals surface area contributed by atoms with E-state index < -0.39 is 17.8 Å². The highest BCUT2D eigenvalue weighted by atomic mass is 19.4. The minimum Gasteiger partial charge on any atom is -0.356 e. The monoisotopic (exact) mass is 495 g/mol. The van der Waals surface area contributed by atoms with Crippen molar-refractivity contribution in [1.82, 2.24) is 14.9 Å². The van der Waals surface area contributed by atoms with Crippen LogP contribution in [-0.4, -0.2) is 40.5 Å². The van der Waals surface area contributed by atoms with Crippen LogP contribution in [0.25, 0.3) is 11.4 Å². The molecule has 0 atom stereocenters. The number of benzene rings is 2. The summed E-state index contributed by atoms with van der Waals surface area (Å²) in [5.74, 6) is 2.18. The molecule has 2 aliphatic rings. The lowest BCUT2D eigenvalue weighted by Crippen LogP contribution is -2.41. The quantitative estimate of drug-likeness (QED) is 0.485. The van der Waals surface area contributed by atoms with E-state index in [1.54, 1.807) is 4.90 Å². The topological polar surface area (TPSA) is 61.4 Å². The number of nitrogens with zero attached hydrogens (tertiary/aromatic N) is 4. The zero-order valence-corrected chi connectivity index (χ0v) is 20.1. The fraction of sp³-hybridized carbons (Fsp3) is 0.370. The molecule has 9 heteroatoms. The van der Waals surface area contributed by atoms with Gasteiger partial charge in [0.1, 0.15) is 5.82 Å². The number of aromatic nitrogens is 2. The van der Waals surface area contributed by atoms with Gasteiger partial charge in [0.15, 0.2) is 5.82 Å². The average molecular weight is 496 g/mol.